The van der Waals surface area contributed by atoms with Crippen LogP contribution in [-0.2, 0) is 6.42 Å². The number of unbranched alkanes of at least 4 members (excludes halogenated alkanes) is 2. The lowest BCUT2D eigenvalue weighted by Gasteiger charge is -2.12. The summed E-state index contributed by atoms with van der Waals surface area (Å²) >= 11 is 6.32. The Balaban J connectivity index is 1.76. The van der Waals surface area contributed by atoms with Crippen molar-refractivity contribution in [2.45, 2.75) is 46.0 Å². The van der Waals surface area contributed by atoms with Gasteiger partial charge in [0.25, 0.3) is 0 Å². The predicted molar refractivity (Wildman–Crippen MR) is 121 cm³/mol. The number of benzene rings is 3. The minimum absolute atomic E-state index is 0.106. The molecule has 0 spiro atoms. The summed E-state index contributed by atoms with van der Waals surface area (Å²) in [7, 11) is 0. The zero-order chi connectivity index (χ0) is 20.6. The van der Waals surface area contributed by atoms with Gasteiger partial charge in [0.15, 0.2) is 11.6 Å². The van der Waals surface area contributed by atoms with Crippen molar-refractivity contribution in [2.75, 3.05) is 6.61 Å². The minimum Gasteiger partial charge on any atom is -0.490 e. The molecule has 0 amide bonds. The molecule has 1 nitrogen and oxygen atoms in total. The van der Waals surface area contributed by atoms with Gasteiger partial charge in [-0.3, -0.25) is 0 Å². The highest BCUT2D eigenvalue weighted by molar-refractivity contribution is 6.33. The molecule has 0 unspecified atom stereocenters. The summed E-state index contributed by atoms with van der Waals surface area (Å²) in [5, 5.41) is 0.106. The van der Waals surface area contributed by atoms with Crippen LogP contribution in [0.2, 0.25) is 5.02 Å². The maximum Gasteiger partial charge on any atom is 0.184 e. The van der Waals surface area contributed by atoms with Crippen molar-refractivity contribution < 1.29 is 9.13 Å². The van der Waals surface area contributed by atoms with Gasteiger partial charge in [0.2, 0.25) is 0 Å². The van der Waals surface area contributed by atoms with Gasteiger partial charge in [0.05, 0.1) is 11.6 Å². The fourth-order valence-corrected chi connectivity index (χ4v) is 3.66. The maximum atomic E-state index is 14.6. The van der Waals surface area contributed by atoms with E-state index in [1.54, 1.807) is 6.07 Å². The van der Waals surface area contributed by atoms with Crippen LogP contribution in [-0.4, -0.2) is 6.61 Å². The van der Waals surface area contributed by atoms with Crippen molar-refractivity contribution >= 4 is 11.6 Å². The molecule has 3 aromatic carbocycles. The lowest BCUT2D eigenvalue weighted by Crippen LogP contribution is -2.00. The lowest BCUT2D eigenvalue weighted by atomic mass is 9.99. The van der Waals surface area contributed by atoms with Crippen LogP contribution < -0.4 is 4.74 Å². The van der Waals surface area contributed by atoms with E-state index < -0.39 is 5.82 Å². The number of hydrogen-bond acceptors (Lipinski definition) is 1. The zero-order valence-corrected chi connectivity index (χ0v) is 17.9. The molecule has 0 radical (unpaired) electrons. The molecule has 3 heteroatoms. The van der Waals surface area contributed by atoms with Crippen molar-refractivity contribution in [1.82, 2.24) is 0 Å². The first-order valence-corrected chi connectivity index (χ1v) is 10.8. The third kappa shape index (κ3) is 5.39. The smallest absolute Gasteiger partial charge is 0.184 e. The molecule has 0 aliphatic heterocycles. The van der Waals surface area contributed by atoms with E-state index in [-0.39, 0.29) is 10.8 Å². The molecule has 0 aliphatic rings. The van der Waals surface area contributed by atoms with Gasteiger partial charge in [-0.05, 0) is 47.2 Å². The molecule has 0 aliphatic carbocycles. The maximum absolute atomic E-state index is 14.6. The standard InChI is InChI=1S/C26H28ClFO/c1-3-5-6-18-29-24-17-16-23(25(27)26(24)28)22-14-12-21(13-15-22)20-10-8-19(7-4-2)9-11-20/h8-17H,3-7,18H2,1-2H3. The Morgan fingerprint density at radius 2 is 1.38 bits per heavy atom. The average molecular weight is 411 g/mol. The number of ether oxygens (including phenoxy) is 1. The molecular weight excluding hydrogens is 383 g/mol. The average Bonchev–Trinajstić information content (AvgIpc) is 2.75. The second kappa shape index (κ2) is 10.5. The summed E-state index contributed by atoms with van der Waals surface area (Å²) in [4.78, 5) is 0. The summed E-state index contributed by atoms with van der Waals surface area (Å²) in [5.41, 5.74) is 5.22. The number of halogens is 2. The second-order valence-electron chi connectivity index (χ2n) is 7.32. The first kappa shape index (κ1) is 21.4. The van der Waals surface area contributed by atoms with Crippen LogP contribution in [0.1, 0.15) is 45.1 Å². The second-order valence-corrected chi connectivity index (χ2v) is 7.70. The van der Waals surface area contributed by atoms with E-state index in [0.717, 1.165) is 43.2 Å². The van der Waals surface area contributed by atoms with Gasteiger partial charge >= 0.3 is 0 Å². The van der Waals surface area contributed by atoms with Crippen molar-refractivity contribution in [2.24, 2.45) is 0 Å². The first-order valence-electron chi connectivity index (χ1n) is 10.4. The SMILES string of the molecule is CCCCCOc1ccc(-c2ccc(-c3ccc(CCC)cc3)cc2)c(Cl)c1F. The van der Waals surface area contributed by atoms with E-state index in [2.05, 4.69) is 38.1 Å². The highest BCUT2D eigenvalue weighted by atomic mass is 35.5. The van der Waals surface area contributed by atoms with Crippen LogP contribution in [0.15, 0.2) is 60.7 Å². The van der Waals surface area contributed by atoms with Gasteiger partial charge in [-0.1, -0.05) is 93.2 Å². The van der Waals surface area contributed by atoms with Gasteiger partial charge in [-0.2, -0.15) is 0 Å². The zero-order valence-electron chi connectivity index (χ0n) is 17.2. The minimum atomic E-state index is -0.490. The Bertz CT molecular complexity index is 917. The van der Waals surface area contributed by atoms with Crippen LogP contribution >= 0.6 is 11.6 Å². The fourth-order valence-electron chi connectivity index (χ4n) is 3.40. The summed E-state index contributed by atoms with van der Waals surface area (Å²) in [6.07, 6.45) is 5.33. The van der Waals surface area contributed by atoms with Gasteiger partial charge in [0, 0.05) is 5.56 Å². The van der Waals surface area contributed by atoms with Crippen molar-refractivity contribution in [3.8, 4) is 28.0 Å². The number of aryl methyl sites for hydroxylation is 1. The van der Waals surface area contributed by atoms with Crippen LogP contribution in [0.4, 0.5) is 4.39 Å². The third-order valence-corrected chi connectivity index (χ3v) is 5.44. The van der Waals surface area contributed by atoms with Crippen LogP contribution in [0, 0.1) is 5.82 Å². The molecule has 152 valence electrons. The molecule has 0 atom stereocenters. The topological polar surface area (TPSA) is 9.23 Å². The van der Waals surface area contributed by atoms with Gasteiger partial charge < -0.3 is 4.74 Å². The molecule has 3 aromatic rings. The Morgan fingerprint density at radius 3 is 2.00 bits per heavy atom. The summed E-state index contributed by atoms with van der Waals surface area (Å²) in [6, 6.07) is 20.2. The molecule has 0 saturated heterocycles. The van der Waals surface area contributed by atoms with E-state index >= 15 is 0 Å². The van der Waals surface area contributed by atoms with E-state index in [4.69, 9.17) is 16.3 Å². The highest BCUT2D eigenvalue weighted by Gasteiger charge is 2.14. The molecule has 29 heavy (non-hydrogen) atoms. The quantitative estimate of drug-likeness (QED) is 0.322. The van der Waals surface area contributed by atoms with E-state index in [1.165, 1.54) is 11.1 Å². The molecule has 0 N–H and O–H groups in total. The van der Waals surface area contributed by atoms with Crippen LogP contribution in [0.5, 0.6) is 5.75 Å². The van der Waals surface area contributed by atoms with E-state index in [1.807, 2.05) is 30.3 Å². The molecule has 0 fully saturated rings. The molecule has 3 rings (SSSR count). The molecule has 0 bridgehead atoms. The lowest BCUT2D eigenvalue weighted by molar-refractivity contribution is 0.291. The fraction of sp³-hybridized carbons (Fsp3) is 0.308. The normalized spacial score (nSPS) is 10.9. The Kier molecular flexibility index (Phi) is 7.71. The van der Waals surface area contributed by atoms with Crippen molar-refractivity contribution in [1.29, 1.82) is 0 Å². The summed E-state index contributed by atoms with van der Waals surface area (Å²) < 4.78 is 20.2. The number of hydrogen-bond donors (Lipinski definition) is 0. The van der Waals surface area contributed by atoms with Crippen LogP contribution in [0.25, 0.3) is 22.3 Å². The monoisotopic (exact) mass is 410 g/mol. The predicted octanol–water partition coefficient (Wildman–Crippen LogP) is 8.33. The Hall–Kier alpha value is -2.32. The largest absolute Gasteiger partial charge is 0.490 e. The van der Waals surface area contributed by atoms with E-state index in [0.29, 0.717) is 12.2 Å². The van der Waals surface area contributed by atoms with Crippen molar-refractivity contribution in [3.05, 3.63) is 77.1 Å². The molecular formula is C26H28ClFO. The van der Waals surface area contributed by atoms with E-state index in [9.17, 15) is 4.39 Å². The van der Waals surface area contributed by atoms with Gasteiger partial charge in [-0.15, -0.1) is 0 Å². The first-order chi connectivity index (χ1) is 14.1. The molecule has 0 saturated carbocycles. The van der Waals surface area contributed by atoms with Crippen LogP contribution in [0.3, 0.4) is 0 Å². The Morgan fingerprint density at radius 1 is 0.759 bits per heavy atom. The van der Waals surface area contributed by atoms with Gasteiger partial charge in [-0.25, -0.2) is 4.39 Å². The third-order valence-electron chi connectivity index (χ3n) is 5.07. The number of rotatable bonds is 9. The molecule has 0 heterocycles. The highest BCUT2D eigenvalue weighted by Crippen LogP contribution is 2.35. The van der Waals surface area contributed by atoms with Crippen molar-refractivity contribution in [3.63, 3.8) is 0 Å². The van der Waals surface area contributed by atoms with Gasteiger partial charge in [0.1, 0.15) is 0 Å². The summed E-state index contributed by atoms with van der Waals surface area (Å²) in [6.45, 7) is 4.82. The molecule has 0 aromatic heterocycles. The summed E-state index contributed by atoms with van der Waals surface area (Å²) in [5.74, 6) is -0.269. The Labute approximate surface area is 178 Å².